The highest BCUT2D eigenvalue weighted by Gasteiger charge is 2.42. The SMILES string of the molecule is CC(C)N1C(=O)CC(N)C1c1cn(C)nc1C(C)(C)C. The minimum atomic E-state index is -0.157. The van der Waals surface area contributed by atoms with E-state index in [1.54, 1.807) is 0 Å². The second-order valence-electron chi connectivity index (χ2n) is 7.06. The predicted octanol–water partition coefficient (Wildman–Crippen LogP) is 1.73. The maximum absolute atomic E-state index is 12.2. The van der Waals surface area contributed by atoms with E-state index in [9.17, 15) is 4.79 Å². The molecule has 1 fully saturated rings. The Kier molecular flexibility index (Phi) is 3.67. The molecule has 1 saturated heterocycles. The van der Waals surface area contributed by atoms with Crippen LogP contribution in [0.1, 0.15) is 58.3 Å². The van der Waals surface area contributed by atoms with Gasteiger partial charge in [-0.3, -0.25) is 9.48 Å². The first-order chi connectivity index (χ1) is 9.12. The standard InChI is InChI=1S/C15H26N4O/c1-9(2)19-12(20)7-11(16)13(19)10-8-18(6)17-14(10)15(3,4)5/h8-9,11,13H,7,16H2,1-6H3. The fraction of sp³-hybridized carbons (Fsp3) is 0.733. The Hall–Kier alpha value is -1.36. The highest BCUT2D eigenvalue weighted by molar-refractivity contribution is 5.80. The molecule has 1 aromatic heterocycles. The third-order valence-corrected chi connectivity index (χ3v) is 3.85. The van der Waals surface area contributed by atoms with E-state index in [4.69, 9.17) is 5.73 Å². The zero-order valence-electron chi connectivity index (χ0n) is 13.3. The molecule has 0 spiro atoms. The quantitative estimate of drug-likeness (QED) is 0.896. The first-order valence-corrected chi connectivity index (χ1v) is 7.23. The van der Waals surface area contributed by atoms with E-state index in [1.807, 2.05) is 36.7 Å². The molecular formula is C15H26N4O. The van der Waals surface area contributed by atoms with Gasteiger partial charge >= 0.3 is 0 Å². The van der Waals surface area contributed by atoms with Crippen molar-refractivity contribution in [3.8, 4) is 0 Å². The molecule has 1 amide bonds. The van der Waals surface area contributed by atoms with Crippen LogP contribution in [0.3, 0.4) is 0 Å². The molecular weight excluding hydrogens is 252 g/mol. The lowest BCUT2D eigenvalue weighted by atomic mass is 9.86. The van der Waals surface area contributed by atoms with Gasteiger partial charge in [-0.2, -0.15) is 5.10 Å². The molecule has 0 aromatic carbocycles. The number of hydrogen-bond donors (Lipinski definition) is 1. The van der Waals surface area contributed by atoms with Crippen LogP contribution in [0.25, 0.3) is 0 Å². The number of rotatable bonds is 2. The summed E-state index contributed by atoms with van der Waals surface area (Å²) >= 11 is 0. The molecule has 20 heavy (non-hydrogen) atoms. The summed E-state index contributed by atoms with van der Waals surface area (Å²) in [5.74, 6) is 0.140. The molecule has 112 valence electrons. The van der Waals surface area contributed by atoms with Crippen molar-refractivity contribution in [3.05, 3.63) is 17.5 Å². The molecule has 2 heterocycles. The summed E-state index contributed by atoms with van der Waals surface area (Å²) in [5.41, 5.74) is 8.31. The lowest BCUT2D eigenvalue weighted by molar-refractivity contribution is -0.130. The molecule has 2 rings (SSSR count). The van der Waals surface area contributed by atoms with E-state index in [0.717, 1.165) is 11.3 Å². The van der Waals surface area contributed by atoms with Crippen molar-refractivity contribution in [3.63, 3.8) is 0 Å². The molecule has 0 radical (unpaired) electrons. The van der Waals surface area contributed by atoms with E-state index in [-0.39, 0.29) is 29.4 Å². The van der Waals surface area contributed by atoms with Crippen LogP contribution in [0, 0.1) is 0 Å². The summed E-state index contributed by atoms with van der Waals surface area (Å²) in [5, 5.41) is 4.60. The monoisotopic (exact) mass is 278 g/mol. The van der Waals surface area contributed by atoms with Crippen molar-refractivity contribution in [1.29, 1.82) is 0 Å². The summed E-state index contributed by atoms with van der Waals surface area (Å²) in [6.45, 7) is 10.5. The van der Waals surface area contributed by atoms with Gasteiger partial charge in [-0.15, -0.1) is 0 Å². The molecule has 5 heteroatoms. The van der Waals surface area contributed by atoms with Crippen LogP contribution in [-0.4, -0.2) is 32.7 Å². The first kappa shape index (κ1) is 15.0. The van der Waals surface area contributed by atoms with E-state index in [1.165, 1.54) is 0 Å². The third-order valence-electron chi connectivity index (χ3n) is 3.85. The van der Waals surface area contributed by atoms with Gasteiger partial charge < -0.3 is 10.6 Å². The number of nitrogens with two attached hydrogens (primary N) is 1. The maximum atomic E-state index is 12.2. The van der Waals surface area contributed by atoms with Crippen LogP contribution in [0.2, 0.25) is 0 Å². The summed E-state index contributed by atoms with van der Waals surface area (Å²) in [6.07, 6.45) is 2.43. The van der Waals surface area contributed by atoms with E-state index in [2.05, 4.69) is 25.9 Å². The summed E-state index contributed by atoms with van der Waals surface area (Å²) < 4.78 is 1.82. The van der Waals surface area contributed by atoms with E-state index >= 15 is 0 Å². The number of nitrogens with zero attached hydrogens (tertiary/aromatic N) is 3. The number of carbonyl (C=O) groups excluding carboxylic acids is 1. The Morgan fingerprint density at radius 2 is 2.00 bits per heavy atom. The van der Waals surface area contributed by atoms with E-state index < -0.39 is 0 Å². The van der Waals surface area contributed by atoms with Crippen LogP contribution < -0.4 is 5.73 Å². The van der Waals surface area contributed by atoms with Crippen LogP contribution in [0.5, 0.6) is 0 Å². The molecule has 1 aliphatic rings. The molecule has 1 aromatic rings. The van der Waals surface area contributed by atoms with Crippen LogP contribution in [0.15, 0.2) is 6.20 Å². The van der Waals surface area contributed by atoms with E-state index in [0.29, 0.717) is 6.42 Å². The summed E-state index contributed by atoms with van der Waals surface area (Å²) in [6, 6.07) is -0.0744. The van der Waals surface area contributed by atoms with Crippen molar-refractivity contribution >= 4 is 5.91 Å². The van der Waals surface area contributed by atoms with Gasteiger partial charge in [0, 0.05) is 42.7 Å². The van der Waals surface area contributed by atoms with Crippen LogP contribution >= 0.6 is 0 Å². The Bertz CT molecular complexity index is 512. The fourth-order valence-corrected chi connectivity index (χ4v) is 3.08. The highest BCUT2D eigenvalue weighted by atomic mass is 16.2. The van der Waals surface area contributed by atoms with Gasteiger partial charge in [0.2, 0.25) is 5.91 Å². The predicted molar refractivity (Wildman–Crippen MR) is 79.2 cm³/mol. The Morgan fingerprint density at radius 1 is 1.40 bits per heavy atom. The second-order valence-corrected chi connectivity index (χ2v) is 7.06. The molecule has 5 nitrogen and oxygen atoms in total. The lowest BCUT2D eigenvalue weighted by Gasteiger charge is -2.32. The zero-order valence-corrected chi connectivity index (χ0v) is 13.3. The number of carbonyl (C=O) groups is 1. The summed E-state index contributed by atoms with van der Waals surface area (Å²) in [4.78, 5) is 14.1. The smallest absolute Gasteiger partial charge is 0.225 e. The van der Waals surface area contributed by atoms with Crippen LogP contribution in [0.4, 0.5) is 0 Å². The minimum Gasteiger partial charge on any atom is -0.331 e. The van der Waals surface area contributed by atoms with Crippen molar-refractivity contribution in [1.82, 2.24) is 14.7 Å². The normalized spacial score (nSPS) is 24.0. The number of aromatic nitrogens is 2. The van der Waals surface area contributed by atoms with Gasteiger partial charge in [-0.25, -0.2) is 0 Å². The molecule has 2 unspecified atom stereocenters. The molecule has 0 aliphatic carbocycles. The average Bonchev–Trinajstić information content (AvgIpc) is 2.77. The van der Waals surface area contributed by atoms with Gasteiger partial charge in [0.15, 0.2) is 0 Å². The number of aryl methyl sites for hydroxylation is 1. The first-order valence-electron chi connectivity index (χ1n) is 7.23. The zero-order chi connectivity index (χ0) is 15.2. The van der Waals surface area contributed by atoms with Crippen molar-refractivity contribution in [2.24, 2.45) is 12.8 Å². The Morgan fingerprint density at radius 3 is 2.50 bits per heavy atom. The van der Waals surface area contributed by atoms with Gasteiger partial charge in [0.25, 0.3) is 0 Å². The number of likely N-dealkylation sites (tertiary alicyclic amines) is 1. The molecule has 2 atom stereocenters. The maximum Gasteiger partial charge on any atom is 0.225 e. The third kappa shape index (κ3) is 2.46. The molecule has 0 bridgehead atoms. The lowest BCUT2D eigenvalue weighted by Crippen LogP contribution is -2.38. The molecule has 1 aliphatic heterocycles. The topological polar surface area (TPSA) is 64.2 Å². The van der Waals surface area contributed by atoms with Crippen LogP contribution in [-0.2, 0) is 17.3 Å². The van der Waals surface area contributed by atoms with Crippen molar-refractivity contribution < 1.29 is 4.79 Å². The number of hydrogen-bond acceptors (Lipinski definition) is 3. The Labute approximate surface area is 121 Å². The molecule has 0 saturated carbocycles. The highest BCUT2D eigenvalue weighted by Crippen LogP contribution is 2.38. The fourth-order valence-electron chi connectivity index (χ4n) is 3.08. The molecule has 2 N–H and O–H groups in total. The van der Waals surface area contributed by atoms with Gasteiger partial charge in [-0.1, -0.05) is 20.8 Å². The minimum absolute atomic E-state index is 0.0644. The summed E-state index contributed by atoms with van der Waals surface area (Å²) in [7, 11) is 1.92. The van der Waals surface area contributed by atoms with Crippen molar-refractivity contribution in [2.75, 3.05) is 0 Å². The van der Waals surface area contributed by atoms with Crippen molar-refractivity contribution in [2.45, 2.75) is 64.6 Å². The van der Waals surface area contributed by atoms with Gasteiger partial charge in [-0.05, 0) is 13.8 Å². The second kappa shape index (κ2) is 4.88. The van der Waals surface area contributed by atoms with Gasteiger partial charge in [0.05, 0.1) is 11.7 Å². The largest absolute Gasteiger partial charge is 0.331 e. The number of amides is 1. The average molecular weight is 278 g/mol. The van der Waals surface area contributed by atoms with Gasteiger partial charge in [0.1, 0.15) is 0 Å². The Balaban J connectivity index is 2.52.